The predicted octanol–water partition coefficient (Wildman–Crippen LogP) is 1.49. The highest BCUT2D eigenvalue weighted by molar-refractivity contribution is 5.93. The summed E-state index contributed by atoms with van der Waals surface area (Å²) in [6, 6.07) is 0. The number of aromatic amines is 1. The molecule has 37 heavy (non-hydrogen) atoms. The van der Waals surface area contributed by atoms with Crippen molar-refractivity contribution in [2.75, 3.05) is 11.9 Å². The van der Waals surface area contributed by atoms with Gasteiger partial charge in [-0.15, -0.1) is 0 Å². The van der Waals surface area contributed by atoms with Gasteiger partial charge in [-0.1, -0.05) is 0 Å². The zero-order chi connectivity index (χ0) is 27.9. The predicted molar refractivity (Wildman–Crippen MR) is 94.3 cm³/mol. The topological polar surface area (TPSA) is 155 Å². The molecule has 2 aromatic heterocycles. The monoisotopic (exact) mass is 555 g/mol. The van der Waals surface area contributed by atoms with Crippen molar-refractivity contribution in [1.82, 2.24) is 19.5 Å². The highest BCUT2D eigenvalue weighted by Gasteiger charge is 2.48. The fraction of sp³-hybridized carbons (Fsp3) is 0.500. The summed E-state index contributed by atoms with van der Waals surface area (Å²) in [5, 5.41) is 1.26. The van der Waals surface area contributed by atoms with Crippen LogP contribution >= 0.6 is 0 Å². The number of carbonyl (C=O) groups excluding carboxylic acids is 3. The third-order valence-electron chi connectivity index (χ3n) is 4.51. The van der Waals surface area contributed by atoms with Gasteiger partial charge in [-0.2, -0.15) is 44.5 Å². The molecular weight excluding hydrogens is 545 g/mol. The molecule has 2 N–H and O–H groups in total. The van der Waals surface area contributed by atoms with Crippen molar-refractivity contribution in [3.05, 3.63) is 16.7 Å². The number of esters is 2. The largest absolute Gasteiger partial charge is 0.490 e. The molecule has 0 spiro atoms. The highest BCUT2D eigenvalue weighted by atomic mass is 19.4. The van der Waals surface area contributed by atoms with Gasteiger partial charge in [0.25, 0.3) is 5.56 Å². The quantitative estimate of drug-likeness (QED) is 0.413. The smallest absolute Gasteiger partial charge is 0.456 e. The van der Waals surface area contributed by atoms with E-state index in [4.69, 9.17) is 4.74 Å². The van der Waals surface area contributed by atoms with Gasteiger partial charge in [-0.05, 0) is 0 Å². The number of alkyl halides is 9. The lowest BCUT2D eigenvalue weighted by Gasteiger charge is -2.19. The van der Waals surface area contributed by atoms with Crippen LogP contribution in [-0.4, -0.2) is 74.7 Å². The van der Waals surface area contributed by atoms with E-state index in [0.29, 0.717) is 0 Å². The zero-order valence-corrected chi connectivity index (χ0v) is 17.3. The summed E-state index contributed by atoms with van der Waals surface area (Å²) in [4.78, 5) is 54.4. The van der Waals surface area contributed by atoms with Crippen LogP contribution in [0.25, 0.3) is 11.2 Å². The first-order valence-corrected chi connectivity index (χ1v) is 9.40. The molecule has 1 aliphatic heterocycles. The van der Waals surface area contributed by atoms with E-state index < -0.39 is 90.5 Å². The molecule has 0 radical (unpaired) electrons. The Bertz CT molecular complexity index is 1270. The summed E-state index contributed by atoms with van der Waals surface area (Å²) in [5.41, 5.74) is -2.31. The molecule has 3 rings (SSSR count). The minimum atomic E-state index is -5.52. The van der Waals surface area contributed by atoms with Gasteiger partial charge in [0.2, 0.25) is 5.95 Å². The third kappa shape index (κ3) is 6.27. The molecule has 1 fully saturated rings. The Morgan fingerprint density at radius 1 is 1.05 bits per heavy atom. The lowest BCUT2D eigenvalue weighted by atomic mass is 10.2. The summed E-state index contributed by atoms with van der Waals surface area (Å²) >= 11 is 0. The molecule has 3 heterocycles. The molecule has 3 atom stereocenters. The van der Waals surface area contributed by atoms with E-state index in [0.717, 1.165) is 10.9 Å². The summed E-state index contributed by atoms with van der Waals surface area (Å²) < 4.78 is 127. The van der Waals surface area contributed by atoms with Crippen molar-refractivity contribution < 1.29 is 68.1 Å². The lowest BCUT2D eigenvalue weighted by Crippen LogP contribution is -2.37. The van der Waals surface area contributed by atoms with Gasteiger partial charge in [0, 0.05) is 6.42 Å². The van der Waals surface area contributed by atoms with Crippen molar-refractivity contribution in [3.8, 4) is 0 Å². The average Bonchev–Trinajstić information content (AvgIpc) is 3.34. The van der Waals surface area contributed by atoms with E-state index in [-0.39, 0.29) is 0 Å². The number of ether oxygens (including phenoxy) is 3. The maximum Gasteiger partial charge on any atom is 0.490 e. The van der Waals surface area contributed by atoms with Crippen LogP contribution in [0.15, 0.2) is 11.1 Å². The van der Waals surface area contributed by atoms with E-state index in [1.807, 2.05) is 0 Å². The van der Waals surface area contributed by atoms with Gasteiger partial charge in [-0.3, -0.25) is 24.5 Å². The molecule has 0 aliphatic carbocycles. The molecule has 12 nitrogen and oxygen atoms in total. The van der Waals surface area contributed by atoms with E-state index in [2.05, 4.69) is 19.4 Å². The molecule has 3 unspecified atom stereocenters. The van der Waals surface area contributed by atoms with Crippen molar-refractivity contribution in [2.24, 2.45) is 0 Å². The molecule has 1 amide bonds. The van der Waals surface area contributed by atoms with Crippen molar-refractivity contribution in [1.29, 1.82) is 0 Å². The molecule has 0 bridgehead atoms. The van der Waals surface area contributed by atoms with Gasteiger partial charge < -0.3 is 14.2 Å². The third-order valence-corrected chi connectivity index (χ3v) is 4.51. The van der Waals surface area contributed by atoms with Crippen molar-refractivity contribution in [2.45, 2.75) is 43.4 Å². The molecule has 1 saturated heterocycles. The Balaban J connectivity index is 1.91. The molecule has 1 aliphatic rings. The first kappa shape index (κ1) is 27.7. The number of hydrogen-bond acceptors (Lipinski definition) is 9. The van der Waals surface area contributed by atoms with Crippen LogP contribution in [-0.2, 0) is 28.6 Å². The number of carbonyl (C=O) groups is 3. The summed E-state index contributed by atoms with van der Waals surface area (Å²) in [7, 11) is 0. The molecule has 2 aromatic rings. The first-order chi connectivity index (χ1) is 16.9. The summed E-state index contributed by atoms with van der Waals surface area (Å²) in [5.74, 6) is -9.03. The van der Waals surface area contributed by atoms with Crippen LogP contribution in [0.3, 0.4) is 0 Å². The van der Waals surface area contributed by atoms with Crippen LogP contribution in [0.2, 0.25) is 0 Å². The number of fused-ring (bicyclic) bond motifs is 1. The normalized spacial score (nSPS) is 20.6. The van der Waals surface area contributed by atoms with Crippen LogP contribution in [0.4, 0.5) is 45.5 Å². The number of rotatable bonds is 5. The van der Waals surface area contributed by atoms with Gasteiger partial charge in [0.15, 0.2) is 11.2 Å². The maximum absolute atomic E-state index is 12.6. The minimum Gasteiger partial charge on any atom is -0.456 e. The van der Waals surface area contributed by atoms with Crippen LogP contribution in [0.1, 0.15) is 12.6 Å². The number of amides is 1. The SMILES string of the molecule is O=C(Nc1nc2c(ncn2C2CC(OC(=O)C(F)(F)F)C(COC(=O)C(F)(F)F)O2)c(=O)[nH]1)C(F)(F)F. The minimum absolute atomic E-state index is 0.551. The first-order valence-electron chi connectivity index (χ1n) is 9.40. The van der Waals surface area contributed by atoms with Gasteiger partial charge in [0.1, 0.15) is 25.0 Å². The second-order valence-corrected chi connectivity index (χ2v) is 7.09. The number of anilines is 1. The Morgan fingerprint density at radius 3 is 2.24 bits per heavy atom. The number of halogens is 9. The molecule has 0 saturated carbocycles. The fourth-order valence-corrected chi connectivity index (χ4v) is 2.96. The lowest BCUT2D eigenvalue weighted by molar-refractivity contribution is -0.212. The number of imidazole rings is 1. The zero-order valence-electron chi connectivity index (χ0n) is 17.3. The van der Waals surface area contributed by atoms with E-state index in [1.54, 1.807) is 4.98 Å². The Morgan fingerprint density at radius 2 is 1.68 bits per heavy atom. The maximum atomic E-state index is 12.6. The Hall–Kier alpha value is -3.91. The number of H-pyrrole nitrogens is 1. The van der Waals surface area contributed by atoms with Gasteiger partial charge >= 0.3 is 36.4 Å². The van der Waals surface area contributed by atoms with Crippen LogP contribution in [0, 0.1) is 0 Å². The number of aromatic nitrogens is 4. The standard InChI is InChI=1S/C16H10F9N5O7/c17-14(18,19)10(32)29-13-27-8-7(9(31)28-13)26-3-30(8)6-1-4(37-12(34)16(23,24)25)5(36-6)2-35-11(33)15(20,21)22/h3-6H,1-2H2,(H2,27,28,29,31,32). The number of nitrogens with zero attached hydrogens (tertiary/aromatic N) is 3. The van der Waals surface area contributed by atoms with E-state index in [1.165, 1.54) is 5.32 Å². The summed E-state index contributed by atoms with van der Waals surface area (Å²) in [6.45, 7) is -1.34. The van der Waals surface area contributed by atoms with Gasteiger partial charge in [0.05, 0.1) is 6.33 Å². The Labute approximate surface area is 195 Å². The highest BCUT2D eigenvalue weighted by Crippen LogP contribution is 2.34. The Kier molecular flexibility index (Phi) is 7.12. The van der Waals surface area contributed by atoms with Crippen LogP contribution < -0.4 is 10.9 Å². The average molecular weight is 555 g/mol. The second kappa shape index (κ2) is 9.52. The molecule has 204 valence electrons. The van der Waals surface area contributed by atoms with Crippen LogP contribution in [0.5, 0.6) is 0 Å². The number of nitrogens with one attached hydrogen (secondary N) is 2. The molecule has 0 aromatic carbocycles. The van der Waals surface area contributed by atoms with E-state index >= 15 is 0 Å². The summed E-state index contributed by atoms with van der Waals surface area (Å²) in [6.07, 6.45) is -21.8. The second-order valence-electron chi connectivity index (χ2n) is 7.09. The van der Waals surface area contributed by atoms with Gasteiger partial charge in [-0.25, -0.2) is 14.6 Å². The molecular formula is C16H10F9N5O7. The van der Waals surface area contributed by atoms with Crippen molar-refractivity contribution >= 4 is 35.0 Å². The fourth-order valence-electron chi connectivity index (χ4n) is 2.96. The van der Waals surface area contributed by atoms with E-state index in [9.17, 15) is 58.7 Å². The van der Waals surface area contributed by atoms with Crippen molar-refractivity contribution in [3.63, 3.8) is 0 Å². The molecule has 21 heteroatoms. The number of hydrogen-bond donors (Lipinski definition) is 2.